The predicted octanol–water partition coefficient (Wildman–Crippen LogP) is 2.96. The van der Waals surface area contributed by atoms with E-state index in [4.69, 9.17) is 11.5 Å². The number of anilines is 2. The summed E-state index contributed by atoms with van der Waals surface area (Å²) in [5, 5.41) is 0. The van der Waals surface area contributed by atoms with E-state index in [1.807, 2.05) is 0 Å². The lowest BCUT2D eigenvalue weighted by molar-refractivity contribution is 0.717. The van der Waals surface area contributed by atoms with Gasteiger partial charge in [0.15, 0.2) is 0 Å². The van der Waals surface area contributed by atoms with Gasteiger partial charge in [-0.2, -0.15) is 4.98 Å². The lowest BCUT2D eigenvalue weighted by Gasteiger charge is -2.06. The number of aryl methyl sites for hydroxylation is 1. The summed E-state index contributed by atoms with van der Waals surface area (Å²) in [6.07, 6.45) is 7.40. The van der Waals surface area contributed by atoms with Gasteiger partial charge in [0, 0.05) is 18.2 Å². The molecule has 0 unspecified atom stereocenters. The van der Waals surface area contributed by atoms with Crippen molar-refractivity contribution >= 4 is 11.8 Å². The van der Waals surface area contributed by atoms with E-state index in [1.54, 1.807) is 6.20 Å². The molecule has 0 aliphatic rings. The molecule has 0 aliphatic carbocycles. The van der Waals surface area contributed by atoms with Crippen molar-refractivity contribution in [2.75, 3.05) is 11.5 Å². The summed E-state index contributed by atoms with van der Waals surface area (Å²) in [5.41, 5.74) is 14.9. The van der Waals surface area contributed by atoms with E-state index >= 15 is 0 Å². The Labute approximate surface area is 120 Å². The Morgan fingerprint density at radius 2 is 1.70 bits per heavy atom. The van der Waals surface area contributed by atoms with Crippen molar-refractivity contribution < 1.29 is 0 Å². The highest BCUT2D eigenvalue weighted by Gasteiger charge is 2.04. The molecule has 4 heteroatoms. The number of nitrogen functional groups attached to an aromatic ring is 2. The van der Waals surface area contributed by atoms with Crippen molar-refractivity contribution in [2.24, 2.45) is 0 Å². The maximum absolute atomic E-state index is 5.85. The molecule has 106 valence electrons. The van der Waals surface area contributed by atoms with Gasteiger partial charge in [0.1, 0.15) is 5.82 Å². The zero-order chi connectivity index (χ0) is 14.4. The smallest absolute Gasteiger partial charge is 0.221 e. The highest BCUT2D eigenvalue weighted by atomic mass is 15.0. The fourth-order valence-electron chi connectivity index (χ4n) is 2.19. The standard InChI is InChI=1S/C16H22N4/c1-2-3-4-5-12-6-8-13(9-7-12)10-14-11-19-16(18)20-15(14)17/h6-9,11H,2-5,10H2,1H3,(H4,17,18,19,20). The Bertz CT molecular complexity index is 549. The van der Waals surface area contributed by atoms with Crippen LogP contribution in [0.1, 0.15) is 42.9 Å². The molecule has 4 nitrogen and oxygen atoms in total. The van der Waals surface area contributed by atoms with Crippen LogP contribution in [0.25, 0.3) is 0 Å². The van der Waals surface area contributed by atoms with E-state index in [1.165, 1.54) is 30.4 Å². The van der Waals surface area contributed by atoms with Crippen molar-refractivity contribution in [2.45, 2.75) is 39.0 Å². The van der Waals surface area contributed by atoms with Gasteiger partial charge in [-0.1, -0.05) is 44.0 Å². The van der Waals surface area contributed by atoms with Gasteiger partial charge in [-0.3, -0.25) is 0 Å². The Kier molecular flexibility index (Phi) is 4.93. The molecule has 1 aromatic heterocycles. The molecule has 0 saturated carbocycles. The third-order valence-electron chi connectivity index (χ3n) is 3.40. The molecule has 0 fully saturated rings. The van der Waals surface area contributed by atoms with Crippen molar-refractivity contribution in [1.29, 1.82) is 0 Å². The van der Waals surface area contributed by atoms with Crippen LogP contribution in [0.4, 0.5) is 11.8 Å². The van der Waals surface area contributed by atoms with E-state index in [0.29, 0.717) is 5.82 Å². The number of unbranched alkanes of at least 4 members (excludes halogenated alkanes) is 2. The first kappa shape index (κ1) is 14.3. The van der Waals surface area contributed by atoms with Crippen molar-refractivity contribution in [1.82, 2.24) is 9.97 Å². The van der Waals surface area contributed by atoms with Crippen LogP contribution in [0.15, 0.2) is 30.5 Å². The minimum Gasteiger partial charge on any atom is -0.383 e. The number of aromatic nitrogens is 2. The molecular weight excluding hydrogens is 248 g/mol. The van der Waals surface area contributed by atoms with Crippen LogP contribution < -0.4 is 11.5 Å². The monoisotopic (exact) mass is 270 g/mol. The zero-order valence-corrected chi connectivity index (χ0v) is 12.0. The number of nitrogens with two attached hydrogens (primary N) is 2. The third-order valence-corrected chi connectivity index (χ3v) is 3.40. The second-order valence-corrected chi connectivity index (χ2v) is 5.09. The minimum atomic E-state index is 0.220. The highest BCUT2D eigenvalue weighted by molar-refractivity contribution is 5.44. The zero-order valence-electron chi connectivity index (χ0n) is 12.0. The molecule has 1 heterocycles. The molecular formula is C16H22N4. The maximum Gasteiger partial charge on any atom is 0.221 e. The van der Waals surface area contributed by atoms with Crippen LogP contribution in [0.2, 0.25) is 0 Å². The maximum atomic E-state index is 5.85. The third kappa shape index (κ3) is 3.95. The molecule has 1 aromatic carbocycles. The van der Waals surface area contributed by atoms with Gasteiger partial charge >= 0.3 is 0 Å². The Morgan fingerprint density at radius 3 is 2.35 bits per heavy atom. The average molecular weight is 270 g/mol. The molecule has 0 saturated heterocycles. The molecule has 2 aromatic rings. The second-order valence-electron chi connectivity index (χ2n) is 5.09. The topological polar surface area (TPSA) is 77.8 Å². The molecule has 0 atom stereocenters. The van der Waals surface area contributed by atoms with Crippen molar-refractivity contribution in [3.05, 3.63) is 47.2 Å². The number of rotatable bonds is 6. The Morgan fingerprint density at radius 1 is 1.00 bits per heavy atom. The lowest BCUT2D eigenvalue weighted by Crippen LogP contribution is -2.04. The quantitative estimate of drug-likeness (QED) is 0.791. The van der Waals surface area contributed by atoms with Gasteiger partial charge in [-0.25, -0.2) is 4.98 Å². The fraction of sp³-hybridized carbons (Fsp3) is 0.375. The van der Waals surface area contributed by atoms with Crippen LogP contribution in [0, 0.1) is 0 Å². The van der Waals surface area contributed by atoms with E-state index in [0.717, 1.165) is 18.4 Å². The first-order valence-corrected chi connectivity index (χ1v) is 7.13. The lowest BCUT2D eigenvalue weighted by atomic mass is 10.0. The molecule has 0 aliphatic heterocycles. The largest absolute Gasteiger partial charge is 0.383 e. The number of hydrogen-bond acceptors (Lipinski definition) is 4. The molecule has 0 bridgehead atoms. The molecule has 0 spiro atoms. The van der Waals surface area contributed by atoms with Gasteiger partial charge in [0.05, 0.1) is 0 Å². The Balaban J connectivity index is 1.99. The van der Waals surface area contributed by atoms with Crippen LogP contribution >= 0.6 is 0 Å². The number of hydrogen-bond donors (Lipinski definition) is 2. The Hall–Kier alpha value is -2.10. The average Bonchev–Trinajstić information content (AvgIpc) is 2.44. The SMILES string of the molecule is CCCCCc1ccc(Cc2cnc(N)nc2N)cc1. The summed E-state index contributed by atoms with van der Waals surface area (Å²) in [4.78, 5) is 7.97. The summed E-state index contributed by atoms with van der Waals surface area (Å²) >= 11 is 0. The van der Waals surface area contributed by atoms with Crippen LogP contribution in [-0.2, 0) is 12.8 Å². The first-order valence-electron chi connectivity index (χ1n) is 7.13. The second kappa shape index (κ2) is 6.89. The molecule has 0 radical (unpaired) electrons. The minimum absolute atomic E-state index is 0.220. The van der Waals surface area contributed by atoms with Crippen LogP contribution in [-0.4, -0.2) is 9.97 Å². The van der Waals surface area contributed by atoms with E-state index in [2.05, 4.69) is 41.2 Å². The highest BCUT2D eigenvalue weighted by Crippen LogP contribution is 2.16. The molecule has 0 amide bonds. The van der Waals surface area contributed by atoms with E-state index < -0.39 is 0 Å². The predicted molar refractivity (Wildman–Crippen MR) is 83.3 cm³/mol. The summed E-state index contributed by atoms with van der Waals surface area (Å²) in [5.74, 6) is 0.682. The summed E-state index contributed by atoms with van der Waals surface area (Å²) in [6, 6.07) is 8.69. The van der Waals surface area contributed by atoms with E-state index in [9.17, 15) is 0 Å². The van der Waals surface area contributed by atoms with Gasteiger partial charge in [0.2, 0.25) is 5.95 Å². The fourth-order valence-corrected chi connectivity index (χ4v) is 2.19. The normalized spacial score (nSPS) is 10.7. The van der Waals surface area contributed by atoms with Crippen molar-refractivity contribution in [3.8, 4) is 0 Å². The van der Waals surface area contributed by atoms with Crippen LogP contribution in [0.3, 0.4) is 0 Å². The summed E-state index contributed by atoms with van der Waals surface area (Å²) < 4.78 is 0. The number of benzene rings is 1. The number of nitrogens with zero attached hydrogens (tertiary/aromatic N) is 2. The van der Waals surface area contributed by atoms with Gasteiger partial charge in [-0.15, -0.1) is 0 Å². The van der Waals surface area contributed by atoms with Gasteiger partial charge in [-0.05, 0) is 24.0 Å². The summed E-state index contributed by atoms with van der Waals surface area (Å²) in [7, 11) is 0. The van der Waals surface area contributed by atoms with Gasteiger partial charge in [0.25, 0.3) is 0 Å². The molecule has 2 rings (SSSR count). The summed E-state index contributed by atoms with van der Waals surface area (Å²) in [6.45, 7) is 2.22. The first-order chi connectivity index (χ1) is 9.69. The molecule has 20 heavy (non-hydrogen) atoms. The van der Waals surface area contributed by atoms with Crippen molar-refractivity contribution in [3.63, 3.8) is 0 Å². The van der Waals surface area contributed by atoms with Crippen LogP contribution in [0.5, 0.6) is 0 Å². The molecule has 4 N–H and O–H groups in total. The van der Waals surface area contributed by atoms with E-state index in [-0.39, 0.29) is 5.95 Å². The van der Waals surface area contributed by atoms with Gasteiger partial charge < -0.3 is 11.5 Å².